The number of hydrogen-bond donors (Lipinski definition) is 1. The molecule has 3 fully saturated rings. The predicted molar refractivity (Wildman–Crippen MR) is 86.9 cm³/mol. The maximum atomic E-state index is 12.0. The monoisotopic (exact) mass is 388 g/mol. The second-order valence-corrected chi connectivity index (χ2v) is 11.1. The van der Waals surface area contributed by atoms with Gasteiger partial charge in [0.2, 0.25) is 0 Å². The topological polar surface area (TPSA) is 71.4 Å². The lowest BCUT2D eigenvalue weighted by molar-refractivity contribution is -0.119. The van der Waals surface area contributed by atoms with Crippen LogP contribution in [0.5, 0.6) is 0 Å². The summed E-state index contributed by atoms with van der Waals surface area (Å²) in [6.45, 7) is 2.44. The van der Waals surface area contributed by atoms with Gasteiger partial charge in [0, 0.05) is 12.1 Å². The number of Topliss-reactive ketones (excluding diaryl/α,β-unsaturated/α-hetero) is 1. The Morgan fingerprint density at radius 3 is 2.17 bits per heavy atom. The van der Waals surface area contributed by atoms with Crippen LogP contribution in [-0.4, -0.2) is 42.2 Å². The van der Waals surface area contributed by atoms with Crippen molar-refractivity contribution in [1.29, 1.82) is 0 Å². The Morgan fingerprint density at radius 2 is 1.75 bits per heavy atom. The number of halogens is 3. The Balaban J connectivity index is 0.000000224. The smallest absolute Gasteiger partial charge is 0.299 e. The summed E-state index contributed by atoms with van der Waals surface area (Å²) < 4.78 is 57.5. The van der Waals surface area contributed by atoms with Gasteiger partial charge in [-0.15, -0.1) is 0 Å². The van der Waals surface area contributed by atoms with Gasteiger partial charge in [-0.2, -0.15) is 21.6 Å². The van der Waals surface area contributed by atoms with Crippen LogP contribution in [0, 0.1) is 11.8 Å². The molecule has 0 aromatic carbocycles. The molecule has 3 aliphatic carbocycles. The molecule has 0 amide bonds. The van der Waals surface area contributed by atoms with E-state index in [1.165, 1.54) is 38.5 Å². The van der Waals surface area contributed by atoms with E-state index in [1.807, 2.05) is 0 Å². The number of carbonyl (C=O) groups excluding carboxylic acids is 1. The SMILES string of the molecule is CP(C1CCCCC1=O)C1CC2CCC1C2.O=S(=O)(O)C(F)(F)F. The van der Waals surface area contributed by atoms with E-state index in [0.717, 1.165) is 30.3 Å². The maximum Gasteiger partial charge on any atom is 0.522 e. The van der Waals surface area contributed by atoms with Crippen LogP contribution in [0.2, 0.25) is 0 Å². The van der Waals surface area contributed by atoms with E-state index in [2.05, 4.69) is 6.66 Å². The molecular weight excluding hydrogens is 364 g/mol. The van der Waals surface area contributed by atoms with Crippen LogP contribution in [-0.2, 0) is 14.9 Å². The Labute approximate surface area is 142 Å². The molecule has 0 aliphatic heterocycles. The second-order valence-electron chi connectivity index (χ2n) is 7.06. The van der Waals surface area contributed by atoms with E-state index in [4.69, 9.17) is 13.0 Å². The predicted octanol–water partition coefficient (Wildman–Crippen LogP) is 4.19. The van der Waals surface area contributed by atoms with Gasteiger partial charge in [-0.25, -0.2) is 0 Å². The number of ketones is 1. The zero-order valence-electron chi connectivity index (χ0n) is 13.6. The van der Waals surface area contributed by atoms with Gasteiger partial charge in [0.05, 0.1) is 0 Å². The summed E-state index contributed by atoms with van der Waals surface area (Å²) in [7, 11) is -5.84. The Morgan fingerprint density at radius 1 is 1.12 bits per heavy atom. The number of alkyl halides is 3. The maximum absolute atomic E-state index is 12.0. The van der Waals surface area contributed by atoms with Crippen molar-refractivity contribution in [3.8, 4) is 0 Å². The lowest BCUT2D eigenvalue weighted by atomic mass is 9.98. The highest BCUT2D eigenvalue weighted by molar-refractivity contribution is 7.86. The first-order chi connectivity index (χ1) is 11.0. The van der Waals surface area contributed by atoms with Gasteiger partial charge >= 0.3 is 15.6 Å². The molecule has 3 rings (SSSR count). The fraction of sp³-hybridized carbons (Fsp3) is 0.933. The van der Waals surface area contributed by atoms with Crippen molar-refractivity contribution in [2.75, 3.05) is 6.66 Å². The lowest BCUT2D eigenvalue weighted by Gasteiger charge is -2.35. The van der Waals surface area contributed by atoms with Gasteiger partial charge in [-0.3, -0.25) is 9.35 Å². The molecule has 0 aromatic heterocycles. The van der Waals surface area contributed by atoms with Crippen LogP contribution in [0.25, 0.3) is 0 Å². The summed E-state index contributed by atoms with van der Waals surface area (Å²) in [5, 5.41) is 0. The normalized spacial score (nSPS) is 34.6. The fourth-order valence-corrected chi connectivity index (χ4v) is 7.54. The zero-order valence-corrected chi connectivity index (χ0v) is 15.3. The molecule has 1 N–H and O–H groups in total. The average molecular weight is 388 g/mol. The van der Waals surface area contributed by atoms with E-state index < -0.39 is 15.6 Å². The fourth-order valence-electron chi connectivity index (χ4n) is 4.34. The number of fused-ring (bicyclic) bond motifs is 2. The average Bonchev–Trinajstić information content (AvgIpc) is 3.08. The standard InChI is InChI=1S/C14H23OP.CHF3O3S/c1-16(13-5-3-2-4-12(13)15)14-9-10-6-7-11(14)8-10;2-1(3,4)8(5,6)7/h10-11,13-14H,2-9H2,1H3;(H,5,6,7). The number of rotatable bonds is 2. The van der Waals surface area contributed by atoms with Gasteiger partial charge in [0.25, 0.3) is 0 Å². The van der Waals surface area contributed by atoms with Gasteiger partial charge in [-0.1, -0.05) is 20.8 Å². The van der Waals surface area contributed by atoms with Crippen molar-refractivity contribution in [1.82, 2.24) is 0 Å². The Kier molecular flexibility index (Phi) is 6.36. The molecule has 0 spiro atoms. The van der Waals surface area contributed by atoms with Crippen molar-refractivity contribution in [2.24, 2.45) is 11.8 Å². The molecule has 0 saturated heterocycles. The Hall–Kier alpha value is -0.200. The lowest BCUT2D eigenvalue weighted by Crippen LogP contribution is -2.28. The third kappa shape index (κ3) is 4.70. The van der Waals surface area contributed by atoms with Crippen LogP contribution >= 0.6 is 7.92 Å². The van der Waals surface area contributed by atoms with Gasteiger partial charge in [-0.05, 0) is 56.3 Å². The van der Waals surface area contributed by atoms with Gasteiger partial charge in [0.15, 0.2) is 0 Å². The van der Waals surface area contributed by atoms with E-state index in [1.54, 1.807) is 0 Å². The van der Waals surface area contributed by atoms with Crippen molar-refractivity contribution < 1.29 is 30.9 Å². The third-order valence-corrected chi connectivity index (χ3v) is 9.32. The highest BCUT2D eigenvalue weighted by Crippen LogP contribution is 2.60. The first-order valence-corrected chi connectivity index (χ1v) is 11.7. The summed E-state index contributed by atoms with van der Waals surface area (Å²) in [5.41, 5.74) is -4.08. The van der Waals surface area contributed by atoms with Crippen LogP contribution in [0.15, 0.2) is 0 Å². The zero-order chi connectivity index (χ0) is 18.1. The molecule has 3 saturated carbocycles. The molecule has 2 bridgehead atoms. The summed E-state index contributed by atoms with van der Waals surface area (Å²) in [5.74, 6) is 2.66. The van der Waals surface area contributed by atoms with E-state index in [9.17, 15) is 18.0 Å². The molecule has 140 valence electrons. The summed E-state index contributed by atoms with van der Waals surface area (Å²) in [4.78, 5) is 12.0. The summed E-state index contributed by atoms with van der Waals surface area (Å²) in [6.07, 6.45) is 10.5. The molecular formula is C15H24F3O4PS. The second kappa shape index (κ2) is 7.58. The number of hydrogen-bond acceptors (Lipinski definition) is 3. The molecule has 0 aromatic rings. The minimum Gasteiger partial charge on any atom is -0.299 e. The molecule has 4 nitrogen and oxygen atoms in total. The highest BCUT2D eigenvalue weighted by Gasteiger charge is 2.45. The van der Waals surface area contributed by atoms with Gasteiger partial charge < -0.3 is 0 Å². The molecule has 24 heavy (non-hydrogen) atoms. The molecule has 5 atom stereocenters. The third-order valence-electron chi connectivity index (χ3n) is 5.53. The minimum absolute atomic E-state index is 0.00347. The largest absolute Gasteiger partial charge is 0.522 e. The quantitative estimate of drug-likeness (QED) is 0.437. The first-order valence-electron chi connectivity index (χ1n) is 8.29. The van der Waals surface area contributed by atoms with Crippen molar-refractivity contribution in [3.63, 3.8) is 0 Å². The van der Waals surface area contributed by atoms with E-state index >= 15 is 0 Å². The van der Waals surface area contributed by atoms with Crippen LogP contribution in [0.1, 0.15) is 51.4 Å². The van der Waals surface area contributed by atoms with Gasteiger partial charge in [0.1, 0.15) is 5.78 Å². The van der Waals surface area contributed by atoms with Crippen LogP contribution in [0.4, 0.5) is 13.2 Å². The minimum atomic E-state index is -5.84. The summed E-state index contributed by atoms with van der Waals surface area (Å²) in [6, 6.07) is 0. The van der Waals surface area contributed by atoms with Crippen LogP contribution in [0.3, 0.4) is 0 Å². The van der Waals surface area contributed by atoms with Crippen molar-refractivity contribution >= 4 is 23.8 Å². The van der Waals surface area contributed by atoms with E-state index in [0.29, 0.717) is 11.4 Å². The van der Waals surface area contributed by atoms with Crippen LogP contribution < -0.4 is 0 Å². The molecule has 0 radical (unpaired) electrons. The first kappa shape index (κ1) is 20.1. The molecule has 9 heteroatoms. The van der Waals surface area contributed by atoms with Crippen molar-refractivity contribution in [3.05, 3.63) is 0 Å². The highest BCUT2D eigenvalue weighted by atomic mass is 32.2. The molecule has 3 aliphatic rings. The van der Waals surface area contributed by atoms with Crippen molar-refractivity contribution in [2.45, 2.75) is 68.2 Å². The Bertz CT molecular complexity index is 564. The van der Waals surface area contributed by atoms with E-state index in [-0.39, 0.29) is 7.92 Å². The molecule has 0 heterocycles. The number of carbonyl (C=O) groups is 1. The summed E-state index contributed by atoms with van der Waals surface area (Å²) >= 11 is 0. The molecule has 5 unspecified atom stereocenters.